The van der Waals surface area contributed by atoms with E-state index in [1.165, 1.54) is 0 Å². The van der Waals surface area contributed by atoms with Crippen molar-refractivity contribution in [3.63, 3.8) is 0 Å². The molecule has 0 atom stereocenters. The molecule has 1 aromatic carbocycles. The monoisotopic (exact) mass is 247 g/mol. The van der Waals surface area contributed by atoms with E-state index in [9.17, 15) is 0 Å². The van der Waals surface area contributed by atoms with Gasteiger partial charge in [-0.1, -0.05) is 30.1 Å². The Morgan fingerprint density at radius 3 is 2.87 bits per heavy atom. The molecule has 1 N–H and O–H groups in total. The third-order valence-electron chi connectivity index (χ3n) is 1.90. The zero-order valence-corrected chi connectivity index (χ0v) is 10.2. The maximum absolute atomic E-state index is 5.94. The molecule has 0 aliphatic heterocycles. The summed E-state index contributed by atoms with van der Waals surface area (Å²) in [7, 11) is 0. The van der Waals surface area contributed by atoms with E-state index in [1.54, 1.807) is 18.2 Å². The van der Waals surface area contributed by atoms with Gasteiger partial charge in [0.25, 0.3) is 0 Å². The molecule has 0 heterocycles. The number of hydrogen-bond acceptors (Lipinski definition) is 2. The number of benzene rings is 1. The van der Waals surface area contributed by atoms with Gasteiger partial charge in [0.15, 0.2) is 0 Å². The summed E-state index contributed by atoms with van der Waals surface area (Å²) in [4.78, 5) is 0. The highest BCUT2D eigenvalue weighted by Gasteiger charge is 2.01. The van der Waals surface area contributed by atoms with E-state index in [0.29, 0.717) is 22.4 Å². The van der Waals surface area contributed by atoms with E-state index in [1.807, 2.05) is 0 Å². The van der Waals surface area contributed by atoms with E-state index < -0.39 is 0 Å². The highest BCUT2D eigenvalue weighted by Crippen LogP contribution is 2.27. The SMILES string of the molecule is CCNCCCOc1cc(Cl)ccc1Cl. The standard InChI is InChI=1S/C11H15Cl2NO/c1-2-14-6-3-7-15-11-8-9(12)4-5-10(11)13/h4-5,8,14H,2-3,6-7H2,1H3. The summed E-state index contributed by atoms with van der Waals surface area (Å²) >= 11 is 11.8. The van der Waals surface area contributed by atoms with Crippen molar-refractivity contribution in [2.75, 3.05) is 19.7 Å². The van der Waals surface area contributed by atoms with E-state index >= 15 is 0 Å². The summed E-state index contributed by atoms with van der Waals surface area (Å²) in [6.45, 7) is 4.66. The van der Waals surface area contributed by atoms with Gasteiger partial charge in [-0.3, -0.25) is 0 Å². The van der Waals surface area contributed by atoms with Crippen molar-refractivity contribution in [2.45, 2.75) is 13.3 Å². The van der Waals surface area contributed by atoms with Crippen LogP contribution in [0.4, 0.5) is 0 Å². The van der Waals surface area contributed by atoms with Crippen molar-refractivity contribution in [3.05, 3.63) is 28.2 Å². The van der Waals surface area contributed by atoms with Gasteiger partial charge in [0.1, 0.15) is 5.75 Å². The van der Waals surface area contributed by atoms with Gasteiger partial charge in [0.2, 0.25) is 0 Å². The van der Waals surface area contributed by atoms with Gasteiger partial charge in [-0.25, -0.2) is 0 Å². The molecule has 0 unspecified atom stereocenters. The molecule has 1 rings (SSSR count). The fourth-order valence-corrected chi connectivity index (χ4v) is 1.48. The molecule has 0 fully saturated rings. The summed E-state index contributed by atoms with van der Waals surface area (Å²) < 4.78 is 5.51. The van der Waals surface area contributed by atoms with Gasteiger partial charge in [-0.15, -0.1) is 0 Å². The lowest BCUT2D eigenvalue weighted by Crippen LogP contribution is -2.16. The predicted octanol–water partition coefficient (Wildman–Crippen LogP) is 3.37. The van der Waals surface area contributed by atoms with Gasteiger partial charge in [-0.2, -0.15) is 0 Å². The maximum atomic E-state index is 5.94. The zero-order chi connectivity index (χ0) is 11.1. The van der Waals surface area contributed by atoms with Crippen LogP contribution in [0.5, 0.6) is 5.75 Å². The maximum Gasteiger partial charge on any atom is 0.139 e. The molecule has 0 bridgehead atoms. The van der Waals surface area contributed by atoms with Gasteiger partial charge in [-0.05, 0) is 31.6 Å². The Hall–Kier alpha value is -0.440. The predicted molar refractivity (Wildman–Crippen MR) is 65.1 cm³/mol. The van der Waals surface area contributed by atoms with Crippen LogP contribution < -0.4 is 10.1 Å². The average molecular weight is 248 g/mol. The Labute approximate surface area is 101 Å². The van der Waals surface area contributed by atoms with E-state index in [2.05, 4.69) is 12.2 Å². The molecule has 2 nitrogen and oxygen atoms in total. The highest BCUT2D eigenvalue weighted by atomic mass is 35.5. The number of ether oxygens (including phenoxy) is 1. The molecule has 0 saturated heterocycles. The summed E-state index contributed by atoms with van der Waals surface area (Å²) in [6.07, 6.45) is 0.955. The van der Waals surface area contributed by atoms with Crippen molar-refractivity contribution >= 4 is 23.2 Å². The molecular formula is C11H15Cl2NO. The average Bonchev–Trinajstić information content (AvgIpc) is 2.23. The summed E-state index contributed by atoms with van der Waals surface area (Å²) in [6, 6.07) is 5.22. The molecule has 4 heteroatoms. The van der Waals surface area contributed by atoms with Crippen molar-refractivity contribution in [1.82, 2.24) is 5.32 Å². The molecular weight excluding hydrogens is 233 g/mol. The van der Waals surface area contributed by atoms with Crippen molar-refractivity contribution < 1.29 is 4.74 Å². The first-order chi connectivity index (χ1) is 7.24. The first kappa shape index (κ1) is 12.6. The molecule has 1 aromatic rings. The topological polar surface area (TPSA) is 21.3 Å². The van der Waals surface area contributed by atoms with Crippen LogP contribution in [0.25, 0.3) is 0 Å². The van der Waals surface area contributed by atoms with Crippen LogP contribution in [0.15, 0.2) is 18.2 Å². The molecule has 0 aromatic heterocycles. The molecule has 0 radical (unpaired) electrons. The Balaban J connectivity index is 2.33. The lowest BCUT2D eigenvalue weighted by Gasteiger charge is -2.08. The number of nitrogens with one attached hydrogen (secondary N) is 1. The minimum absolute atomic E-state index is 0.600. The first-order valence-electron chi connectivity index (χ1n) is 5.02. The van der Waals surface area contributed by atoms with Crippen LogP contribution in [0.2, 0.25) is 10.0 Å². The van der Waals surface area contributed by atoms with Gasteiger partial charge >= 0.3 is 0 Å². The van der Waals surface area contributed by atoms with Crippen LogP contribution in [0, 0.1) is 0 Å². The Morgan fingerprint density at radius 2 is 2.13 bits per heavy atom. The summed E-state index contributed by atoms with van der Waals surface area (Å²) in [5.41, 5.74) is 0. The van der Waals surface area contributed by atoms with Crippen LogP contribution in [0.3, 0.4) is 0 Å². The number of rotatable bonds is 6. The Bertz CT molecular complexity index is 305. The fourth-order valence-electron chi connectivity index (χ4n) is 1.14. The zero-order valence-electron chi connectivity index (χ0n) is 8.72. The van der Waals surface area contributed by atoms with Crippen LogP contribution in [-0.2, 0) is 0 Å². The fraction of sp³-hybridized carbons (Fsp3) is 0.455. The number of hydrogen-bond donors (Lipinski definition) is 1. The van der Waals surface area contributed by atoms with Gasteiger partial charge in [0.05, 0.1) is 11.6 Å². The van der Waals surface area contributed by atoms with Crippen LogP contribution in [-0.4, -0.2) is 19.7 Å². The second-order valence-electron chi connectivity index (χ2n) is 3.13. The summed E-state index contributed by atoms with van der Waals surface area (Å²) in [5.74, 6) is 0.653. The third kappa shape index (κ3) is 4.74. The minimum atomic E-state index is 0.600. The second-order valence-corrected chi connectivity index (χ2v) is 3.97. The highest BCUT2D eigenvalue weighted by molar-refractivity contribution is 6.34. The van der Waals surface area contributed by atoms with Gasteiger partial charge in [0, 0.05) is 11.1 Å². The molecule has 0 saturated carbocycles. The third-order valence-corrected chi connectivity index (χ3v) is 2.45. The van der Waals surface area contributed by atoms with Crippen LogP contribution >= 0.6 is 23.2 Å². The lowest BCUT2D eigenvalue weighted by molar-refractivity contribution is 0.309. The van der Waals surface area contributed by atoms with Crippen molar-refractivity contribution in [1.29, 1.82) is 0 Å². The quantitative estimate of drug-likeness (QED) is 0.779. The molecule has 84 valence electrons. The van der Waals surface area contributed by atoms with E-state index in [-0.39, 0.29) is 0 Å². The van der Waals surface area contributed by atoms with Crippen molar-refractivity contribution in [2.24, 2.45) is 0 Å². The normalized spacial score (nSPS) is 10.3. The largest absolute Gasteiger partial charge is 0.492 e. The molecule has 0 amide bonds. The lowest BCUT2D eigenvalue weighted by atomic mass is 10.3. The van der Waals surface area contributed by atoms with E-state index in [4.69, 9.17) is 27.9 Å². The first-order valence-corrected chi connectivity index (χ1v) is 5.78. The molecule has 0 aliphatic rings. The molecule has 15 heavy (non-hydrogen) atoms. The molecule has 0 spiro atoms. The smallest absolute Gasteiger partial charge is 0.139 e. The molecule has 0 aliphatic carbocycles. The van der Waals surface area contributed by atoms with Crippen molar-refractivity contribution in [3.8, 4) is 5.75 Å². The number of halogens is 2. The Kier molecular flexibility index (Phi) is 5.84. The van der Waals surface area contributed by atoms with Gasteiger partial charge < -0.3 is 10.1 Å². The Morgan fingerprint density at radius 1 is 1.33 bits per heavy atom. The van der Waals surface area contributed by atoms with Crippen LogP contribution in [0.1, 0.15) is 13.3 Å². The second kappa shape index (κ2) is 6.94. The minimum Gasteiger partial charge on any atom is -0.492 e. The van der Waals surface area contributed by atoms with E-state index in [0.717, 1.165) is 19.5 Å². The summed E-state index contributed by atoms with van der Waals surface area (Å²) in [5, 5.41) is 4.46.